The lowest BCUT2D eigenvalue weighted by molar-refractivity contribution is 0.622. The van der Waals surface area contributed by atoms with Gasteiger partial charge in [-0.15, -0.1) is 0 Å². The highest BCUT2D eigenvalue weighted by Crippen LogP contribution is 2.31. The molecule has 24 heavy (non-hydrogen) atoms. The van der Waals surface area contributed by atoms with Gasteiger partial charge in [-0.25, -0.2) is 0 Å². The van der Waals surface area contributed by atoms with Gasteiger partial charge in [-0.1, -0.05) is 17.7 Å². The van der Waals surface area contributed by atoms with E-state index in [-0.39, 0.29) is 0 Å². The highest BCUT2D eigenvalue weighted by Gasteiger charge is 2.20. The maximum absolute atomic E-state index is 4.43. The zero-order chi connectivity index (χ0) is 16.7. The van der Waals surface area contributed by atoms with Crippen molar-refractivity contribution in [1.29, 1.82) is 0 Å². The second-order valence-electron chi connectivity index (χ2n) is 7.04. The van der Waals surface area contributed by atoms with E-state index < -0.39 is 0 Å². The van der Waals surface area contributed by atoms with E-state index in [1.54, 1.807) is 0 Å². The zero-order valence-electron chi connectivity index (χ0n) is 14.8. The highest BCUT2D eigenvalue weighted by molar-refractivity contribution is 5.89. The fourth-order valence-corrected chi connectivity index (χ4v) is 4.02. The summed E-state index contributed by atoms with van der Waals surface area (Å²) < 4.78 is 2.44. The molecule has 1 aromatic carbocycles. The molecular weight excluding hydrogens is 294 g/mol. The van der Waals surface area contributed by atoms with Crippen LogP contribution in [0.15, 0.2) is 30.5 Å². The molecule has 0 fully saturated rings. The Hall–Kier alpha value is -2.13. The highest BCUT2D eigenvalue weighted by atomic mass is 15.0. The van der Waals surface area contributed by atoms with E-state index >= 15 is 0 Å². The van der Waals surface area contributed by atoms with Crippen LogP contribution in [0.3, 0.4) is 0 Å². The van der Waals surface area contributed by atoms with Gasteiger partial charge in [0.1, 0.15) is 0 Å². The molecule has 2 aromatic heterocycles. The predicted molar refractivity (Wildman–Crippen MR) is 99.4 cm³/mol. The summed E-state index contributed by atoms with van der Waals surface area (Å²) in [6.45, 7) is 6.33. The van der Waals surface area contributed by atoms with E-state index in [2.05, 4.69) is 53.1 Å². The van der Waals surface area contributed by atoms with Crippen LogP contribution in [0.25, 0.3) is 10.9 Å². The largest absolute Gasteiger partial charge is 0.347 e. The van der Waals surface area contributed by atoms with Crippen LogP contribution in [-0.2, 0) is 32.9 Å². The smallest absolute Gasteiger partial charge is 0.0516 e. The molecule has 0 amide bonds. The lowest BCUT2D eigenvalue weighted by atomic mass is 9.98. The van der Waals surface area contributed by atoms with Gasteiger partial charge in [-0.2, -0.15) is 0 Å². The molecule has 124 valence electrons. The standard InChI is InChI=1S/C21H25N3/c1-14-10-17(7-6-16-5-4-15(2)23-12-16)21-18(11-14)19-13-22-9-8-20(19)24(21)3/h4-5,10-12,22H,6-9,13H2,1-3H3. The van der Waals surface area contributed by atoms with Gasteiger partial charge in [0.05, 0.1) is 5.52 Å². The lowest BCUT2D eigenvalue weighted by Gasteiger charge is -2.14. The molecule has 0 bridgehead atoms. The van der Waals surface area contributed by atoms with E-state index in [0.29, 0.717) is 0 Å². The fraction of sp³-hybridized carbons (Fsp3) is 0.381. The maximum atomic E-state index is 4.43. The summed E-state index contributed by atoms with van der Waals surface area (Å²) in [6.07, 6.45) is 5.25. The first-order valence-electron chi connectivity index (χ1n) is 8.85. The second kappa shape index (κ2) is 6.06. The number of pyridine rings is 1. The normalized spacial score (nSPS) is 14.1. The lowest BCUT2D eigenvalue weighted by Crippen LogP contribution is -2.24. The number of hydrogen-bond donors (Lipinski definition) is 1. The summed E-state index contributed by atoms with van der Waals surface area (Å²) in [4.78, 5) is 4.43. The Morgan fingerprint density at radius 3 is 2.83 bits per heavy atom. The molecule has 1 N–H and O–H groups in total. The second-order valence-corrected chi connectivity index (χ2v) is 7.04. The summed E-state index contributed by atoms with van der Waals surface area (Å²) >= 11 is 0. The Kier molecular flexibility index (Phi) is 3.89. The number of rotatable bonds is 3. The van der Waals surface area contributed by atoms with Gasteiger partial charge >= 0.3 is 0 Å². The van der Waals surface area contributed by atoms with E-state index in [4.69, 9.17) is 0 Å². The first kappa shape index (κ1) is 15.4. The van der Waals surface area contributed by atoms with Crippen molar-refractivity contribution in [2.75, 3.05) is 6.54 Å². The first-order chi connectivity index (χ1) is 11.6. The van der Waals surface area contributed by atoms with Crippen molar-refractivity contribution in [3.8, 4) is 0 Å². The molecular formula is C21H25N3. The monoisotopic (exact) mass is 319 g/mol. The van der Waals surface area contributed by atoms with E-state index in [0.717, 1.165) is 38.0 Å². The molecule has 3 aromatic rings. The van der Waals surface area contributed by atoms with Crippen LogP contribution in [0, 0.1) is 13.8 Å². The Balaban J connectivity index is 1.74. The fourth-order valence-electron chi connectivity index (χ4n) is 4.02. The molecule has 0 atom stereocenters. The molecule has 0 saturated heterocycles. The molecule has 0 spiro atoms. The van der Waals surface area contributed by atoms with E-state index in [9.17, 15) is 0 Å². The zero-order valence-corrected chi connectivity index (χ0v) is 14.8. The average Bonchev–Trinajstić information content (AvgIpc) is 2.87. The minimum Gasteiger partial charge on any atom is -0.347 e. The summed E-state index contributed by atoms with van der Waals surface area (Å²) in [5.41, 5.74) is 9.65. The van der Waals surface area contributed by atoms with Crippen molar-refractivity contribution >= 4 is 10.9 Å². The van der Waals surface area contributed by atoms with Crippen molar-refractivity contribution in [2.45, 2.75) is 39.7 Å². The SMILES string of the molecule is Cc1cc(CCc2ccc(C)nc2)c2c(c1)c1c(n2C)CCNC1. The molecule has 3 heterocycles. The minimum absolute atomic E-state index is 0.997. The Bertz CT molecular complexity index is 888. The third kappa shape index (κ3) is 2.63. The van der Waals surface area contributed by atoms with Gasteiger partial charge in [-0.05, 0) is 55.5 Å². The number of hydrogen-bond acceptors (Lipinski definition) is 2. The van der Waals surface area contributed by atoms with Crippen LogP contribution in [0.1, 0.15) is 33.6 Å². The molecule has 1 aliphatic rings. The van der Waals surface area contributed by atoms with Crippen molar-refractivity contribution in [3.63, 3.8) is 0 Å². The van der Waals surface area contributed by atoms with Crippen LogP contribution in [0.5, 0.6) is 0 Å². The third-order valence-electron chi connectivity index (χ3n) is 5.24. The van der Waals surface area contributed by atoms with Gasteiger partial charge in [0, 0.05) is 49.5 Å². The summed E-state index contributed by atoms with van der Waals surface area (Å²) in [5.74, 6) is 0. The Morgan fingerprint density at radius 1 is 1.17 bits per heavy atom. The van der Waals surface area contributed by atoms with Crippen LogP contribution in [0.2, 0.25) is 0 Å². The molecule has 3 heteroatoms. The maximum Gasteiger partial charge on any atom is 0.0516 e. The number of benzene rings is 1. The third-order valence-corrected chi connectivity index (χ3v) is 5.24. The Morgan fingerprint density at radius 2 is 2.04 bits per heavy atom. The van der Waals surface area contributed by atoms with Gasteiger partial charge in [-0.3, -0.25) is 4.98 Å². The average molecular weight is 319 g/mol. The molecule has 4 rings (SSSR count). The van der Waals surface area contributed by atoms with Gasteiger partial charge in [0.2, 0.25) is 0 Å². The molecule has 0 unspecified atom stereocenters. The minimum atomic E-state index is 0.997. The van der Waals surface area contributed by atoms with Crippen molar-refractivity contribution in [2.24, 2.45) is 7.05 Å². The molecule has 1 aliphatic heterocycles. The van der Waals surface area contributed by atoms with Crippen LogP contribution in [0.4, 0.5) is 0 Å². The van der Waals surface area contributed by atoms with E-state index in [1.807, 2.05) is 13.1 Å². The number of nitrogens with one attached hydrogen (secondary N) is 1. The summed E-state index contributed by atoms with van der Waals surface area (Å²) in [6, 6.07) is 9.03. The quantitative estimate of drug-likeness (QED) is 0.799. The van der Waals surface area contributed by atoms with Gasteiger partial charge < -0.3 is 9.88 Å². The number of nitrogens with zero attached hydrogens (tertiary/aromatic N) is 2. The summed E-state index contributed by atoms with van der Waals surface area (Å²) in [5, 5.41) is 4.97. The molecule has 3 nitrogen and oxygen atoms in total. The predicted octanol–water partition coefficient (Wildman–Crippen LogP) is 3.62. The number of fused-ring (bicyclic) bond motifs is 3. The molecule has 0 saturated carbocycles. The molecule has 0 radical (unpaired) electrons. The van der Waals surface area contributed by atoms with Crippen LogP contribution >= 0.6 is 0 Å². The van der Waals surface area contributed by atoms with Crippen LogP contribution < -0.4 is 5.32 Å². The van der Waals surface area contributed by atoms with Gasteiger partial charge in [0.15, 0.2) is 0 Å². The number of aromatic nitrogens is 2. The number of aryl methyl sites for hydroxylation is 5. The summed E-state index contributed by atoms with van der Waals surface area (Å²) in [7, 11) is 2.23. The Labute approximate surface area is 143 Å². The van der Waals surface area contributed by atoms with Gasteiger partial charge in [0.25, 0.3) is 0 Å². The van der Waals surface area contributed by atoms with E-state index in [1.165, 1.54) is 38.9 Å². The molecule has 0 aliphatic carbocycles. The van der Waals surface area contributed by atoms with Crippen molar-refractivity contribution in [3.05, 3.63) is 64.1 Å². The van der Waals surface area contributed by atoms with Crippen LogP contribution in [-0.4, -0.2) is 16.1 Å². The van der Waals surface area contributed by atoms with Crippen molar-refractivity contribution in [1.82, 2.24) is 14.9 Å². The van der Waals surface area contributed by atoms with Crippen molar-refractivity contribution < 1.29 is 0 Å². The first-order valence-corrected chi connectivity index (χ1v) is 8.85. The topological polar surface area (TPSA) is 29.9 Å².